The van der Waals surface area contributed by atoms with Gasteiger partial charge in [0, 0.05) is 62.0 Å². The van der Waals surface area contributed by atoms with Crippen molar-refractivity contribution in [3.63, 3.8) is 0 Å². The fourth-order valence-corrected chi connectivity index (χ4v) is 4.64. The number of methoxy groups -OCH3 is 1. The maximum atomic E-state index is 13.0. The van der Waals surface area contributed by atoms with Gasteiger partial charge in [0.1, 0.15) is 17.9 Å². The van der Waals surface area contributed by atoms with Crippen LogP contribution in [0.1, 0.15) is 16.8 Å². The summed E-state index contributed by atoms with van der Waals surface area (Å²) in [7, 11) is 5.36. The lowest BCUT2D eigenvalue weighted by molar-refractivity contribution is -0.117. The summed E-state index contributed by atoms with van der Waals surface area (Å²) in [6, 6.07) is 13.8. The molecule has 0 bridgehead atoms. The van der Waals surface area contributed by atoms with Gasteiger partial charge in [0.25, 0.3) is 0 Å². The normalized spacial score (nSPS) is 14.1. The van der Waals surface area contributed by atoms with Gasteiger partial charge in [-0.15, -0.1) is 0 Å². The van der Waals surface area contributed by atoms with Gasteiger partial charge in [0.2, 0.25) is 5.91 Å². The maximum absolute atomic E-state index is 13.0. The average Bonchev–Trinajstić information content (AvgIpc) is 2.87. The first-order valence-corrected chi connectivity index (χ1v) is 12.2. The molecule has 3 aromatic rings. The minimum Gasteiger partial charge on any atom is -0.495 e. The van der Waals surface area contributed by atoms with E-state index in [0.717, 1.165) is 37.4 Å². The number of nitrogens with zero attached hydrogens (tertiary/aromatic N) is 5. The van der Waals surface area contributed by atoms with Crippen LogP contribution in [-0.4, -0.2) is 68.2 Å². The van der Waals surface area contributed by atoms with Gasteiger partial charge >= 0.3 is 0 Å². The third kappa shape index (κ3) is 6.04. The molecule has 7 nitrogen and oxygen atoms in total. The number of benzene rings is 2. The van der Waals surface area contributed by atoms with Crippen molar-refractivity contribution >= 4 is 40.6 Å². The zero-order valence-electron chi connectivity index (χ0n) is 20.2. The first-order chi connectivity index (χ1) is 16.9. The van der Waals surface area contributed by atoms with E-state index in [2.05, 4.69) is 51.1 Å². The van der Waals surface area contributed by atoms with E-state index in [1.807, 2.05) is 6.07 Å². The van der Waals surface area contributed by atoms with E-state index in [9.17, 15) is 4.79 Å². The molecule has 35 heavy (non-hydrogen) atoms. The summed E-state index contributed by atoms with van der Waals surface area (Å²) in [6.45, 7) is 4.23. The third-order valence-corrected chi connectivity index (χ3v) is 7.08. The van der Waals surface area contributed by atoms with Gasteiger partial charge in [-0.05, 0) is 36.9 Å². The van der Waals surface area contributed by atoms with Gasteiger partial charge in [0.15, 0.2) is 0 Å². The van der Waals surface area contributed by atoms with E-state index < -0.39 is 0 Å². The van der Waals surface area contributed by atoms with Crippen molar-refractivity contribution in [1.82, 2.24) is 14.9 Å². The Morgan fingerprint density at radius 1 is 1.06 bits per heavy atom. The van der Waals surface area contributed by atoms with Crippen LogP contribution in [0.5, 0.6) is 5.75 Å². The molecule has 2 heterocycles. The third-order valence-electron chi connectivity index (χ3n) is 6.32. The van der Waals surface area contributed by atoms with Crippen LogP contribution < -0.4 is 14.5 Å². The fourth-order valence-electron chi connectivity index (χ4n) is 4.06. The number of carbonyl (C=O) groups is 1. The highest BCUT2D eigenvalue weighted by Gasteiger charge is 2.19. The predicted octanol–water partition coefficient (Wildman–Crippen LogP) is 4.34. The minimum atomic E-state index is -0.191. The summed E-state index contributed by atoms with van der Waals surface area (Å²) in [5.74, 6) is 0.803. The van der Waals surface area contributed by atoms with Gasteiger partial charge in [-0.25, -0.2) is 9.97 Å². The van der Waals surface area contributed by atoms with Crippen LogP contribution in [0.3, 0.4) is 0 Å². The first kappa shape index (κ1) is 25.2. The van der Waals surface area contributed by atoms with E-state index in [-0.39, 0.29) is 12.3 Å². The van der Waals surface area contributed by atoms with Crippen molar-refractivity contribution in [2.24, 2.45) is 0 Å². The lowest BCUT2D eigenvalue weighted by Crippen LogP contribution is -2.44. The molecule has 1 amide bonds. The van der Waals surface area contributed by atoms with Crippen molar-refractivity contribution in [2.45, 2.75) is 12.8 Å². The van der Waals surface area contributed by atoms with Crippen LogP contribution in [0, 0.1) is 0 Å². The molecule has 184 valence electrons. The second kappa shape index (κ2) is 11.2. The molecular weight excluding hydrogens is 485 g/mol. The Morgan fingerprint density at radius 3 is 2.46 bits per heavy atom. The van der Waals surface area contributed by atoms with Crippen molar-refractivity contribution in [2.75, 3.05) is 57.2 Å². The number of hydrogen-bond acceptors (Lipinski definition) is 6. The number of rotatable bonds is 7. The molecule has 1 aromatic heterocycles. The Balaban J connectivity index is 1.43. The molecule has 0 spiro atoms. The second-order valence-electron chi connectivity index (χ2n) is 8.67. The fraction of sp³-hybridized carbons (Fsp3) is 0.346. The summed E-state index contributed by atoms with van der Waals surface area (Å²) in [5, 5.41) is 0.756. The highest BCUT2D eigenvalue weighted by Crippen LogP contribution is 2.34. The number of halogens is 2. The summed E-state index contributed by atoms with van der Waals surface area (Å²) in [5.41, 5.74) is 3.75. The Morgan fingerprint density at radius 2 is 1.77 bits per heavy atom. The Bertz CT molecular complexity index is 1180. The van der Waals surface area contributed by atoms with Gasteiger partial charge in [-0.1, -0.05) is 35.3 Å². The molecule has 0 saturated carbocycles. The zero-order valence-corrected chi connectivity index (χ0v) is 21.7. The Labute approximate surface area is 216 Å². The van der Waals surface area contributed by atoms with Gasteiger partial charge in [-0.2, -0.15) is 0 Å². The van der Waals surface area contributed by atoms with Gasteiger partial charge in [0.05, 0.1) is 24.2 Å². The molecule has 0 radical (unpaired) electrons. The summed E-state index contributed by atoms with van der Waals surface area (Å²) in [6.07, 6.45) is 2.16. The molecule has 1 saturated heterocycles. The number of aromatic nitrogens is 2. The van der Waals surface area contributed by atoms with Crippen LogP contribution in [-0.2, 0) is 17.6 Å². The summed E-state index contributed by atoms with van der Waals surface area (Å²) >= 11 is 12.7. The molecule has 1 fully saturated rings. The summed E-state index contributed by atoms with van der Waals surface area (Å²) < 4.78 is 5.24. The quantitative estimate of drug-likeness (QED) is 0.468. The van der Waals surface area contributed by atoms with Crippen LogP contribution in [0.25, 0.3) is 0 Å². The molecule has 0 unspecified atom stereocenters. The molecule has 0 aliphatic carbocycles. The lowest BCUT2D eigenvalue weighted by atomic mass is 10.1. The van der Waals surface area contributed by atoms with Crippen LogP contribution in [0.2, 0.25) is 10.0 Å². The van der Waals surface area contributed by atoms with E-state index in [0.29, 0.717) is 33.6 Å². The highest BCUT2D eigenvalue weighted by atomic mass is 35.5. The van der Waals surface area contributed by atoms with E-state index >= 15 is 0 Å². The Kier molecular flexibility index (Phi) is 8.11. The molecule has 2 aromatic carbocycles. The van der Waals surface area contributed by atoms with Crippen LogP contribution in [0.4, 0.5) is 11.5 Å². The minimum absolute atomic E-state index is 0.0262. The highest BCUT2D eigenvalue weighted by molar-refractivity contribution is 6.37. The maximum Gasteiger partial charge on any atom is 0.232 e. The number of amides is 1. The Hall–Kier alpha value is -2.87. The van der Waals surface area contributed by atoms with E-state index in [4.69, 9.17) is 27.9 Å². The standard InChI is InChI=1S/C26H29Cl2N5O2/c1-31-10-12-33(13-11-31)20-6-4-18(5-7-20)14-19-15-24(30-17-29-19)32(2)25(34)16-21-22(27)8-9-23(35-3)26(21)28/h4-9,15,17H,10-14,16H2,1-3H3. The molecule has 9 heteroatoms. The molecule has 0 atom stereocenters. The number of likely N-dealkylation sites (N-methyl/N-ethyl adjacent to an activating group) is 2. The van der Waals surface area contributed by atoms with Crippen molar-refractivity contribution in [3.8, 4) is 5.75 Å². The van der Waals surface area contributed by atoms with E-state index in [1.54, 1.807) is 19.2 Å². The van der Waals surface area contributed by atoms with Crippen LogP contribution in [0.15, 0.2) is 48.8 Å². The van der Waals surface area contributed by atoms with Gasteiger partial charge < -0.3 is 14.5 Å². The van der Waals surface area contributed by atoms with Crippen molar-refractivity contribution in [3.05, 3.63) is 75.7 Å². The van der Waals surface area contributed by atoms with Crippen LogP contribution >= 0.6 is 23.2 Å². The lowest BCUT2D eigenvalue weighted by Gasteiger charge is -2.34. The zero-order chi connectivity index (χ0) is 24.9. The van der Waals surface area contributed by atoms with Crippen molar-refractivity contribution < 1.29 is 9.53 Å². The number of carbonyl (C=O) groups excluding carboxylic acids is 1. The number of piperazine rings is 1. The molecule has 4 rings (SSSR count). The molecule has 1 aliphatic heterocycles. The average molecular weight is 514 g/mol. The smallest absolute Gasteiger partial charge is 0.232 e. The van der Waals surface area contributed by atoms with Gasteiger partial charge in [-0.3, -0.25) is 9.69 Å². The number of anilines is 2. The topological polar surface area (TPSA) is 61.8 Å². The predicted molar refractivity (Wildman–Crippen MR) is 141 cm³/mol. The summed E-state index contributed by atoms with van der Waals surface area (Å²) in [4.78, 5) is 27.9. The second-order valence-corrected chi connectivity index (χ2v) is 9.46. The molecule has 0 N–H and O–H groups in total. The molecule has 1 aliphatic rings. The van der Waals surface area contributed by atoms with Crippen molar-refractivity contribution in [1.29, 1.82) is 0 Å². The first-order valence-electron chi connectivity index (χ1n) is 11.5. The monoisotopic (exact) mass is 513 g/mol. The number of hydrogen-bond donors (Lipinski definition) is 0. The number of ether oxygens (including phenoxy) is 1. The molecular formula is C26H29Cl2N5O2. The largest absolute Gasteiger partial charge is 0.495 e. The van der Waals surface area contributed by atoms with E-state index in [1.165, 1.54) is 24.0 Å². The SMILES string of the molecule is COc1ccc(Cl)c(CC(=O)N(C)c2cc(Cc3ccc(N4CCN(C)CC4)cc3)ncn2)c1Cl.